The lowest BCUT2D eigenvalue weighted by Crippen LogP contribution is -2.32. The maximum absolute atomic E-state index is 11.7. The minimum atomic E-state index is -0.316. The van der Waals surface area contributed by atoms with Crippen LogP contribution in [0.25, 0.3) is 0 Å². The molecular formula is C16H19IO4. The van der Waals surface area contributed by atoms with Crippen molar-refractivity contribution in [2.45, 2.75) is 23.1 Å². The van der Waals surface area contributed by atoms with Crippen LogP contribution in [0.5, 0.6) is 0 Å². The molecule has 0 saturated carbocycles. The van der Waals surface area contributed by atoms with Gasteiger partial charge in [-0.15, -0.1) is 0 Å². The lowest BCUT2D eigenvalue weighted by molar-refractivity contribution is -0.148. The van der Waals surface area contributed by atoms with E-state index in [0.717, 1.165) is 19.4 Å². The van der Waals surface area contributed by atoms with Crippen molar-refractivity contribution >= 4 is 28.6 Å². The van der Waals surface area contributed by atoms with Crippen LogP contribution in [-0.2, 0) is 14.2 Å². The number of rotatable bonds is 6. The molecule has 2 atom stereocenters. The van der Waals surface area contributed by atoms with Crippen LogP contribution in [0.4, 0.5) is 0 Å². The Labute approximate surface area is 138 Å². The molecule has 0 amide bonds. The normalized spacial score (nSPS) is 22.3. The van der Waals surface area contributed by atoms with E-state index in [2.05, 4.69) is 22.6 Å². The summed E-state index contributed by atoms with van der Waals surface area (Å²) in [5.74, 6) is -0.316. The quantitative estimate of drug-likeness (QED) is 0.317. The van der Waals surface area contributed by atoms with Gasteiger partial charge in [0.2, 0.25) is 0 Å². The Morgan fingerprint density at radius 1 is 1.29 bits per heavy atom. The molecule has 0 bridgehead atoms. The van der Waals surface area contributed by atoms with Crippen LogP contribution in [0.3, 0.4) is 0 Å². The maximum atomic E-state index is 11.7. The van der Waals surface area contributed by atoms with Crippen molar-refractivity contribution in [2.24, 2.45) is 0 Å². The van der Waals surface area contributed by atoms with Gasteiger partial charge in [-0.1, -0.05) is 46.9 Å². The number of halogens is 1. The van der Waals surface area contributed by atoms with Gasteiger partial charge in [0.15, 0.2) is 6.29 Å². The Balaban J connectivity index is 1.61. The number of esters is 1. The zero-order valence-corrected chi connectivity index (χ0v) is 13.9. The second kappa shape index (κ2) is 9.17. The first kappa shape index (κ1) is 16.5. The van der Waals surface area contributed by atoms with E-state index in [9.17, 15) is 4.79 Å². The second-order valence-electron chi connectivity index (χ2n) is 4.67. The summed E-state index contributed by atoms with van der Waals surface area (Å²) in [5.41, 5.74) is 0.561. The summed E-state index contributed by atoms with van der Waals surface area (Å²) >= 11 is 2.36. The van der Waals surface area contributed by atoms with Gasteiger partial charge in [0, 0.05) is 6.61 Å². The Morgan fingerprint density at radius 2 is 2.05 bits per heavy atom. The van der Waals surface area contributed by atoms with Crippen LogP contribution in [0.2, 0.25) is 0 Å². The summed E-state index contributed by atoms with van der Waals surface area (Å²) in [4.78, 5) is 11.7. The van der Waals surface area contributed by atoms with Gasteiger partial charge in [-0.3, -0.25) is 0 Å². The summed E-state index contributed by atoms with van der Waals surface area (Å²) in [6.07, 6.45) is 5.73. The first-order valence-electron chi connectivity index (χ1n) is 7.02. The molecule has 1 aliphatic rings. The smallest absolute Gasteiger partial charge is 0.338 e. The minimum Gasteiger partial charge on any atom is -0.458 e. The highest BCUT2D eigenvalue weighted by atomic mass is 127. The molecule has 1 saturated heterocycles. The predicted octanol–water partition coefficient (Wildman–Crippen LogP) is 3.36. The van der Waals surface area contributed by atoms with Crippen LogP contribution in [0.15, 0.2) is 42.5 Å². The summed E-state index contributed by atoms with van der Waals surface area (Å²) in [6.45, 7) is 1.48. The van der Waals surface area contributed by atoms with Crippen LogP contribution in [0, 0.1) is 0 Å². The van der Waals surface area contributed by atoms with E-state index in [1.54, 1.807) is 18.2 Å². The van der Waals surface area contributed by atoms with E-state index in [-0.39, 0.29) is 18.9 Å². The minimum absolute atomic E-state index is 0.129. The molecule has 1 aliphatic heterocycles. The van der Waals surface area contributed by atoms with Crippen molar-refractivity contribution in [3.8, 4) is 0 Å². The molecule has 4 nitrogen and oxygen atoms in total. The number of benzene rings is 1. The molecule has 0 aromatic heterocycles. The van der Waals surface area contributed by atoms with E-state index >= 15 is 0 Å². The van der Waals surface area contributed by atoms with Gasteiger partial charge in [0.05, 0.1) is 16.1 Å². The Bertz CT molecular complexity index is 461. The third kappa shape index (κ3) is 5.76. The maximum Gasteiger partial charge on any atom is 0.338 e. The molecule has 0 unspecified atom stereocenters. The number of hydrogen-bond acceptors (Lipinski definition) is 4. The number of hydrogen-bond donors (Lipinski definition) is 0. The van der Waals surface area contributed by atoms with E-state index in [1.807, 2.05) is 24.3 Å². The topological polar surface area (TPSA) is 44.8 Å². The van der Waals surface area contributed by atoms with Crippen molar-refractivity contribution < 1.29 is 19.0 Å². The van der Waals surface area contributed by atoms with Crippen LogP contribution in [0.1, 0.15) is 23.2 Å². The van der Waals surface area contributed by atoms with Crippen molar-refractivity contribution in [1.82, 2.24) is 0 Å². The zero-order valence-electron chi connectivity index (χ0n) is 11.7. The van der Waals surface area contributed by atoms with Gasteiger partial charge in [-0.2, -0.15) is 0 Å². The Morgan fingerprint density at radius 3 is 2.81 bits per heavy atom. The fraction of sp³-hybridized carbons (Fsp3) is 0.438. The van der Waals surface area contributed by atoms with Crippen molar-refractivity contribution in [1.29, 1.82) is 0 Å². The van der Waals surface area contributed by atoms with Crippen molar-refractivity contribution in [2.75, 3.05) is 19.8 Å². The Hall–Kier alpha value is -0.920. The molecule has 114 valence electrons. The van der Waals surface area contributed by atoms with Gasteiger partial charge in [0.25, 0.3) is 0 Å². The van der Waals surface area contributed by atoms with Crippen molar-refractivity contribution in [3.05, 3.63) is 48.0 Å². The molecule has 5 heteroatoms. The molecule has 2 rings (SSSR count). The molecular weight excluding hydrogens is 383 g/mol. The van der Waals surface area contributed by atoms with E-state index in [1.165, 1.54) is 0 Å². The molecule has 21 heavy (non-hydrogen) atoms. The average Bonchev–Trinajstić information content (AvgIpc) is 2.53. The fourth-order valence-corrected chi connectivity index (χ4v) is 2.79. The van der Waals surface area contributed by atoms with E-state index in [4.69, 9.17) is 14.2 Å². The molecule has 1 aromatic rings. The summed E-state index contributed by atoms with van der Waals surface area (Å²) in [6, 6.07) is 8.95. The molecule has 0 aliphatic carbocycles. The number of carbonyl (C=O) groups is 1. The molecule has 0 radical (unpaired) electrons. The largest absolute Gasteiger partial charge is 0.458 e. The molecule has 1 heterocycles. The second-order valence-corrected chi connectivity index (χ2v) is 6.27. The first-order chi connectivity index (χ1) is 10.3. The van der Waals surface area contributed by atoms with Gasteiger partial charge < -0.3 is 14.2 Å². The van der Waals surface area contributed by atoms with Crippen LogP contribution in [-0.4, -0.2) is 36.0 Å². The lowest BCUT2D eigenvalue weighted by atomic mass is 10.2. The summed E-state index contributed by atoms with van der Waals surface area (Å²) in [7, 11) is 0. The highest BCUT2D eigenvalue weighted by Gasteiger charge is 2.23. The molecule has 1 fully saturated rings. The first-order valence-corrected chi connectivity index (χ1v) is 8.26. The highest BCUT2D eigenvalue weighted by Crippen LogP contribution is 2.22. The monoisotopic (exact) mass is 402 g/mol. The standard InChI is InChI=1S/C16H19IO4/c17-14-9-6-12-21-16(14)20-11-5-4-10-19-15(18)13-7-2-1-3-8-13/h1-5,7-8,14,16H,6,9-12H2/b5-4+/t14-,16-/m1/s1. The third-order valence-corrected chi connectivity index (χ3v) is 4.26. The fourth-order valence-electron chi connectivity index (χ4n) is 1.94. The highest BCUT2D eigenvalue weighted by molar-refractivity contribution is 14.1. The summed E-state index contributed by atoms with van der Waals surface area (Å²) in [5, 5.41) is 0. The third-order valence-electron chi connectivity index (χ3n) is 3.05. The van der Waals surface area contributed by atoms with E-state index in [0.29, 0.717) is 16.1 Å². The van der Waals surface area contributed by atoms with Gasteiger partial charge >= 0.3 is 5.97 Å². The SMILES string of the molecule is O=C(OC/C=C/CO[C@@H]1OCCC[C@H]1I)c1ccccc1. The van der Waals surface area contributed by atoms with Gasteiger partial charge in [-0.05, 0) is 31.1 Å². The zero-order chi connectivity index (χ0) is 14.9. The molecule has 0 spiro atoms. The van der Waals surface area contributed by atoms with Crippen LogP contribution < -0.4 is 0 Å². The Kier molecular flexibility index (Phi) is 7.18. The van der Waals surface area contributed by atoms with Gasteiger partial charge in [-0.25, -0.2) is 4.79 Å². The van der Waals surface area contributed by atoms with Crippen molar-refractivity contribution in [3.63, 3.8) is 0 Å². The summed E-state index contributed by atoms with van der Waals surface area (Å²) < 4.78 is 16.7. The lowest BCUT2D eigenvalue weighted by Gasteiger charge is -2.27. The molecule has 0 N–H and O–H groups in total. The predicted molar refractivity (Wildman–Crippen MR) is 88.6 cm³/mol. The average molecular weight is 402 g/mol. The van der Waals surface area contributed by atoms with E-state index < -0.39 is 0 Å². The van der Waals surface area contributed by atoms with Crippen LogP contribution >= 0.6 is 22.6 Å². The number of ether oxygens (including phenoxy) is 3. The van der Waals surface area contributed by atoms with Gasteiger partial charge in [0.1, 0.15) is 6.61 Å². The number of carbonyl (C=O) groups excluding carboxylic acids is 1. The number of alkyl halides is 1. The molecule has 1 aromatic carbocycles.